The minimum atomic E-state index is -0.205. The summed E-state index contributed by atoms with van der Waals surface area (Å²) in [7, 11) is 1.57. The van der Waals surface area contributed by atoms with Gasteiger partial charge < -0.3 is 24.8 Å². The Labute approximate surface area is 214 Å². The van der Waals surface area contributed by atoms with Gasteiger partial charge in [0, 0.05) is 34.8 Å². The first-order chi connectivity index (χ1) is 17.5. The maximum Gasteiger partial charge on any atom is 0.262 e. The second-order valence-corrected chi connectivity index (χ2v) is 8.35. The first-order valence-corrected chi connectivity index (χ1v) is 11.9. The second-order valence-electron chi connectivity index (χ2n) is 7.92. The van der Waals surface area contributed by atoms with Gasteiger partial charge in [0.1, 0.15) is 5.75 Å². The van der Waals surface area contributed by atoms with Crippen molar-refractivity contribution in [2.24, 2.45) is 0 Å². The quantitative estimate of drug-likeness (QED) is 0.252. The summed E-state index contributed by atoms with van der Waals surface area (Å²) in [6, 6.07) is 12.2. The molecule has 0 atom stereocenters. The fraction of sp³-hybridized carbons (Fsp3) is 0.346. The molecule has 192 valence electrons. The number of rotatable bonds is 14. The van der Waals surface area contributed by atoms with Gasteiger partial charge in [-0.05, 0) is 55.0 Å². The van der Waals surface area contributed by atoms with Crippen LogP contribution in [0.2, 0.25) is 5.02 Å². The number of hydrogen-bond acceptors (Lipinski definition) is 6. The van der Waals surface area contributed by atoms with E-state index in [1.807, 2.05) is 19.1 Å². The summed E-state index contributed by atoms with van der Waals surface area (Å²) < 4.78 is 17.7. The number of nitrogens with one attached hydrogen (secondary N) is 2. The summed E-state index contributed by atoms with van der Waals surface area (Å²) in [4.78, 5) is 36.2. The summed E-state index contributed by atoms with van der Waals surface area (Å²) >= 11 is 5.98. The molecule has 2 amide bonds. The Balaban J connectivity index is 1.65. The van der Waals surface area contributed by atoms with E-state index in [0.29, 0.717) is 73.5 Å². The van der Waals surface area contributed by atoms with Crippen molar-refractivity contribution in [1.82, 2.24) is 15.2 Å². The summed E-state index contributed by atoms with van der Waals surface area (Å²) in [5, 5.41) is 6.69. The first kappa shape index (κ1) is 27.2. The zero-order valence-electron chi connectivity index (χ0n) is 20.3. The Morgan fingerprint density at radius 2 is 1.69 bits per heavy atom. The van der Waals surface area contributed by atoms with Crippen molar-refractivity contribution in [1.29, 1.82) is 0 Å². The largest absolute Gasteiger partial charge is 0.497 e. The van der Waals surface area contributed by atoms with E-state index in [4.69, 9.17) is 25.8 Å². The Bertz CT molecular complexity index is 1190. The maximum atomic E-state index is 13.4. The van der Waals surface area contributed by atoms with Crippen LogP contribution < -0.4 is 15.4 Å². The standard InChI is InChI=1S/C26H30ClN3O6/c1-18-22(16-25(32)29-10-12-36-14-13-35-11-9-28-17-31)23-15-21(34-2)7-8-24(23)30(18)26(33)19-3-5-20(27)6-4-19/h3-8,15,17H,9-14,16H2,1-2H3,(H,28,31)(H,29,32). The highest BCUT2D eigenvalue weighted by atomic mass is 35.5. The van der Waals surface area contributed by atoms with E-state index in [9.17, 15) is 14.4 Å². The van der Waals surface area contributed by atoms with E-state index in [0.717, 1.165) is 10.9 Å². The van der Waals surface area contributed by atoms with Crippen molar-refractivity contribution in [2.75, 3.05) is 46.6 Å². The molecule has 3 rings (SSSR count). The lowest BCUT2D eigenvalue weighted by molar-refractivity contribution is -0.120. The van der Waals surface area contributed by atoms with Gasteiger partial charge >= 0.3 is 0 Å². The molecule has 0 aliphatic rings. The minimum absolute atomic E-state index is 0.100. The van der Waals surface area contributed by atoms with Crippen LogP contribution in [0.25, 0.3) is 10.9 Å². The second kappa shape index (κ2) is 13.6. The van der Waals surface area contributed by atoms with Gasteiger partial charge in [0.05, 0.1) is 45.5 Å². The number of aromatic nitrogens is 1. The molecule has 0 unspecified atom stereocenters. The number of nitrogens with zero attached hydrogens (tertiary/aromatic N) is 1. The number of ether oxygens (including phenoxy) is 3. The van der Waals surface area contributed by atoms with Crippen LogP contribution in [0.15, 0.2) is 42.5 Å². The van der Waals surface area contributed by atoms with E-state index in [-0.39, 0.29) is 18.2 Å². The summed E-state index contributed by atoms with van der Waals surface area (Å²) in [5.41, 5.74) is 2.63. The van der Waals surface area contributed by atoms with Crippen LogP contribution in [0, 0.1) is 6.92 Å². The van der Waals surface area contributed by atoms with Crippen LogP contribution in [-0.4, -0.2) is 69.4 Å². The molecule has 10 heteroatoms. The normalized spacial score (nSPS) is 10.9. The summed E-state index contributed by atoms with van der Waals surface area (Å²) in [6.45, 7) is 4.16. The summed E-state index contributed by atoms with van der Waals surface area (Å²) in [5.74, 6) is 0.250. The SMILES string of the molecule is COc1ccc2c(c1)c(CC(=O)NCCOCCOCCNC=O)c(C)n2C(=O)c1ccc(Cl)cc1. The Morgan fingerprint density at radius 3 is 2.36 bits per heavy atom. The number of halogens is 1. The smallest absolute Gasteiger partial charge is 0.262 e. The van der Waals surface area contributed by atoms with Crippen molar-refractivity contribution in [3.8, 4) is 5.75 Å². The molecule has 2 aromatic carbocycles. The molecule has 0 aliphatic carbocycles. The molecule has 1 aromatic heterocycles. The van der Waals surface area contributed by atoms with Crippen LogP contribution in [-0.2, 0) is 25.5 Å². The molecule has 3 aromatic rings. The molecule has 2 N–H and O–H groups in total. The summed E-state index contributed by atoms with van der Waals surface area (Å²) in [6.07, 6.45) is 0.721. The van der Waals surface area contributed by atoms with Crippen molar-refractivity contribution in [2.45, 2.75) is 13.3 Å². The maximum absolute atomic E-state index is 13.4. The van der Waals surface area contributed by atoms with Gasteiger partial charge in [0.15, 0.2) is 0 Å². The molecule has 0 fully saturated rings. The highest BCUT2D eigenvalue weighted by Crippen LogP contribution is 2.30. The van der Waals surface area contributed by atoms with Gasteiger partial charge in [-0.15, -0.1) is 0 Å². The van der Waals surface area contributed by atoms with Crippen LogP contribution in [0.3, 0.4) is 0 Å². The monoisotopic (exact) mass is 515 g/mol. The average molecular weight is 516 g/mol. The molecule has 0 radical (unpaired) electrons. The fourth-order valence-corrected chi connectivity index (χ4v) is 3.92. The van der Waals surface area contributed by atoms with Crippen molar-refractivity contribution < 1.29 is 28.6 Å². The Kier molecular flexibility index (Phi) is 10.3. The molecule has 0 aliphatic heterocycles. The van der Waals surface area contributed by atoms with Crippen molar-refractivity contribution in [3.05, 3.63) is 64.3 Å². The number of hydrogen-bond donors (Lipinski definition) is 2. The number of fused-ring (bicyclic) bond motifs is 1. The van der Waals surface area contributed by atoms with E-state index in [2.05, 4.69) is 10.6 Å². The van der Waals surface area contributed by atoms with E-state index >= 15 is 0 Å². The van der Waals surface area contributed by atoms with E-state index in [1.54, 1.807) is 42.0 Å². The van der Waals surface area contributed by atoms with Crippen LogP contribution >= 0.6 is 11.6 Å². The molecule has 36 heavy (non-hydrogen) atoms. The predicted octanol–water partition coefficient (Wildman–Crippen LogP) is 2.74. The van der Waals surface area contributed by atoms with E-state index < -0.39 is 0 Å². The number of amides is 2. The molecule has 0 saturated carbocycles. The third-order valence-electron chi connectivity index (χ3n) is 5.59. The molecule has 1 heterocycles. The van der Waals surface area contributed by atoms with Gasteiger partial charge in [-0.2, -0.15) is 0 Å². The topological polar surface area (TPSA) is 108 Å². The van der Waals surface area contributed by atoms with Crippen molar-refractivity contribution >= 4 is 40.7 Å². The van der Waals surface area contributed by atoms with Gasteiger partial charge in [0.25, 0.3) is 5.91 Å². The van der Waals surface area contributed by atoms with E-state index in [1.165, 1.54) is 0 Å². The Hall–Kier alpha value is -3.40. The van der Waals surface area contributed by atoms with Gasteiger partial charge in [-0.1, -0.05) is 11.6 Å². The number of benzene rings is 2. The zero-order valence-corrected chi connectivity index (χ0v) is 21.1. The van der Waals surface area contributed by atoms with Crippen molar-refractivity contribution in [3.63, 3.8) is 0 Å². The number of carbonyl (C=O) groups is 3. The third-order valence-corrected chi connectivity index (χ3v) is 5.84. The predicted molar refractivity (Wildman–Crippen MR) is 137 cm³/mol. The highest BCUT2D eigenvalue weighted by molar-refractivity contribution is 6.30. The molecular weight excluding hydrogens is 486 g/mol. The number of methoxy groups -OCH3 is 1. The zero-order chi connectivity index (χ0) is 25.9. The minimum Gasteiger partial charge on any atom is -0.497 e. The lowest BCUT2D eigenvalue weighted by Gasteiger charge is -2.09. The molecule has 0 bridgehead atoms. The first-order valence-electron chi connectivity index (χ1n) is 11.5. The number of carbonyl (C=O) groups excluding carboxylic acids is 3. The van der Waals surface area contributed by atoms with Crippen LogP contribution in [0.1, 0.15) is 21.6 Å². The molecule has 0 spiro atoms. The molecular formula is C26H30ClN3O6. The van der Waals surface area contributed by atoms with Gasteiger partial charge in [-0.3, -0.25) is 19.0 Å². The Morgan fingerprint density at radius 1 is 1.00 bits per heavy atom. The lowest BCUT2D eigenvalue weighted by Crippen LogP contribution is -2.29. The average Bonchev–Trinajstić information content (AvgIpc) is 3.15. The van der Waals surface area contributed by atoms with Crippen LogP contribution in [0.4, 0.5) is 0 Å². The fourth-order valence-electron chi connectivity index (χ4n) is 3.79. The third kappa shape index (κ3) is 7.07. The highest BCUT2D eigenvalue weighted by Gasteiger charge is 2.22. The molecule has 9 nitrogen and oxygen atoms in total. The lowest BCUT2D eigenvalue weighted by atomic mass is 10.1. The van der Waals surface area contributed by atoms with Crippen LogP contribution in [0.5, 0.6) is 5.75 Å². The van der Waals surface area contributed by atoms with Gasteiger partial charge in [0.2, 0.25) is 12.3 Å². The van der Waals surface area contributed by atoms with Gasteiger partial charge in [-0.25, -0.2) is 0 Å². The molecule has 0 saturated heterocycles.